The van der Waals surface area contributed by atoms with Gasteiger partial charge in [0.1, 0.15) is 5.84 Å². The second-order valence-corrected chi connectivity index (χ2v) is 7.30. The second kappa shape index (κ2) is 8.64. The predicted octanol–water partition coefficient (Wildman–Crippen LogP) is 2.39. The summed E-state index contributed by atoms with van der Waals surface area (Å²) in [6, 6.07) is 0. The van der Waals surface area contributed by atoms with Gasteiger partial charge in [-0.05, 0) is 32.4 Å². The Morgan fingerprint density at radius 1 is 1.13 bits per heavy atom. The van der Waals surface area contributed by atoms with Gasteiger partial charge in [-0.1, -0.05) is 20.8 Å². The van der Waals surface area contributed by atoms with Crippen molar-refractivity contribution in [3.8, 4) is 0 Å². The van der Waals surface area contributed by atoms with Crippen LogP contribution in [0, 0.1) is 5.41 Å². The lowest BCUT2D eigenvalue weighted by molar-refractivity contribution is 0.0642. The van der Waals surface area contributed by atoms with Gasteiger partial charge in [-0.15, -0.1) is 0 Å². The van der Waals surface area contributed by atoms with Crippen LogP contribution in [0.2, 0.25) is 0 Å². The van der Waals surface area contributed by atoms with Crippen LogP contribution in [0.5, 0.6) is 0 Å². The molecule has 2 aliphatic rings. The largest absolute Gasteiger partial charge is 0.448 e. The number of nitrogens with zero attached hydrogens (tertiary/aromatic N) is 3. The van der Waals surface area contributed by atoms with Gasteiger partial charge in [0.25, 0.3) is 0 Å². The summed E-state index contributed by atoms with van der Waals surface area (Å²) in [6.07, 6.45) is 2.99. The van der Waals surface area contributed by atoms with Gasteiger partial charge in [-0.3, -0.25) is 0 Å². The maximum atomic E-state index is 12.1. The molecule has 0 radical (unpaired) electrons. The highest BCUT2D eigenvalue weighted by Gasteiger charge is 2.27. The average molecular weight is 325 g/mol. The molecule has 132 valence electrons. The number of carbonyl (C=O) groups excluding carboxylic acids is 1. The highest BCUT2D eigenvalue weighted by molar-refractivity contribution is 5.95. The molecule has 0 aromatic heterocycles. The van der Waals surface area contributed by atoms with Crippen LogP contribution < -0.4 is 0 Å². The average Bonchev–Trinajstić information content (AvgIpc) is 3.02. The van der Waals surface area contributed by atoms with Crippen LogP contribution in [0.3, 0.4) is 0 Å². The number of hydrogen-bond donors (Lipinski definition) is 0. The lowest BCUT2D eigenvalue weighted by Gasteiger charge is -2.35. The van der Waals surface area contributed by atoms with Crippen molar-refractivity contribution in [2.24, 2.45) is 10.4 Å². The molecule has 1 amide bonds. The molecule has 0 aromatic rings. The summed E-state index contributed by atoms with van der Waals surface area (Å²) in [7, 11) is 0. The zero-order chi connectivity index (χ0) is 16.7. The summed E-state index contributed by atoms with van der Waals surface area (Å²) in [6.45, 7) is 12.9. The lowest BCUT2D eigenvalue weighted by atomic mass is 9.93. The van der Waals surface area contributed by atoms with Gasteiger partial charge in [-0.25, -0.2) is 4.79 Å². The summed E-state index contributed by atoms with van der Waals surface area (Å²) in [4.78, 5) is 20.9. The Hall–Kier alpha value is -1.14. The highest BCUT2D eigenvalue weighted by atomic mass is 16.5. The molecule has 2 rings (SSSR count). The molecule has 2 fully saturated rings. The maximum absolute atomic E-state index is 12.1. The van der Waals surface area contributed by atoms with Gasteiger partial charge >= 0.3 is 6.09 Å². The molecule has 0 aromatic carbocycles. The van der Waals surface area contributed by atoms with Crippen LogP contribution in [-0.4, -0.2) is 74.3 Å². The number of likely N-dealkylation sites (tertiary alicyclic amines) is 1. The molecular weight excluding hydrogens is 294 g/mol. The maximum Gasteiger partial charge on any atom is 0.435 e. The van der Waals surface area contributed by atoms with E-state index in [1.54, 1.807) is 0 Å². The molecule has 2 heterocycles. The molecule has 0 N–H and O–H groups in total. The van der Waals surface area contributed by atoms with Gasteiger partial charge in [-0.2, -0.15) is 4.99 Å². The first kappa shape index (κ1) is 18.2. The molecule has 0 atom stereocenters. The Morgan fingerprint density at radius 3 is 2.39 bits per heavy atom. The molecule has 0 unspecified atom stereocenters. The predicted molar refractivity (Wildman–Crippen MR) is 90.9 cm³/mol. The third-order valence-electron chi connectivity index (χ3n) is 4.22. The van der Waals surface area contributed by atoms with Crippen LogP contribution in [0.25, 0.3) is 0 Å². The van der Waals surface area contributed by atoms with Gasteiger partial charge in [0.15, 0.2) is 0 Å². The van der Waals surface area contributed by atoms with Crippen LogP contribution in [-0.2, 0) is 9.47 Å². The number of morpholine rings is 1. The zero-order valence-electron chi connectivity index (χ0n) is 14.8. The van der Waals surface area contributed by atoms with E-state index in [2.05, 4.69) is 35.6 Å². The number of amidine groups is 1. The minimum Gasteiger partial charge on any atom is -0.448 e. The molecule has 2 saturated heterocycles. The van der Waals surface area contributed by atoms with Gasteiger partial charge < -0.3 is 19.3 Å². The molecule has 23 heavy (non-hydrogen) atoms. The van der Waals surface area contributed by atoms with Crippen molar-refractivity contribution in [2.45, 2.75) is 40.0 Å². The molecular formula is C17H31N3O3. The van der Waals surface area contributed by atoms with E-state index in [0.29, 0.717) is 19.8 Å². The third kappa shape index (κ3) is 6.11. The van der Waals surface area contributed by atoms with Gasteiger partial charge in [0.2, 0.25) is 0 Å². The van der Waals surface area contributed by atoms with E-state index in [9.17, 15) is 4.79 Å². The fourth-order valence-electron chi connectivity index (χ4n) is 3.06. The fourth-order valence-corrected chi connectivity index (χ4v) is 3.06. The Kier molecular flexibility index (Phi) is 6.84. The van der Waals surface area contributed by atoms with E-state index >= 15 is 0 Å². The van der Waals surface area contributed by atoms with Crippen molar-refractivity contribution in [1.29, 1.82) is 0 Å². The number of hydrogen-bond acceptors (Lipinski definition) is 4. The van der Waals surface area contributed by atoms with Gasteiger partial charge in [0.05, 0.1) is 19.8 Å². The van der Waals surface area contributed by atoms with E-state index in [4.69, 9.17) is 9.47 Å². The van der Waals surface area contributed by atoms with E-state index in [1.807, 2.05) is 0 Å². The van der Waals surface area contributed by atoms with E-state index in [-0.39, 0.29) is 5.41 Å². The number of aliphatic imine (C=N–C) groups is 1. The quantitative estimate of drug-likeness (QED) is 0.451. The Balaban J connectivity index is 1.80. The number of carbonyl (C=O) groups is 1. The number of amides is 1. The van der Waals surface area contributed by atoms with Crippen molar-refractivity contribution >= 4 is 11.9 Å². The van der Waals surface area contributed by atoms with E-state index in [0.717, 1.165) is 31.9 Å². The molecule has 0 spiro atoms. The molecule has 6 nitrogen and oxygen atoms in total. The Morgan fingerprint density at radius 2 is 1.78 bits per heavy atom. The van der Waals surface area contributed by atoms with Crippen molar-refractivity contribution in [3.63, 3.8) is 0 Å². The van der Waals surface area contributed by atoms with Crippen molar-refractivity contribution < 1.29 is 14.3 Å². The van der Waals surface area contributed by atoms with Crippen LogP contribution in [0.1, 0.15) is 40.0 Å². The van der Waals surface area contributed by atoms with Crippen molar-refractivity contribution in [2.75, 3.05) is 52.5 Å². The molecule has 0 aliphatic carbocycles. The van der Waals surface area contributed by atoms with Crippen LogP contribution in [0.4, 0.5) is 4.79 Å². The van der Waals surface area contributed by atoms with Crippen molar-refractivity contribution in [1.82, 2.24) is 9.80 Å². The highest BCUT2D eigenvalue weighted by Crippen LogP contribution is 2.20. The number of ether oxygens (including phenoxy) is 2. The van der Waals surface area contributed by atoms with E-state index in [1.165, 1.54) is 25.9 Å². The summed E-state index contributed by atoms with van der Waals surface area (Å²) in [5.74, 6) is 0.797. The molecule has 0 saturated carbocycles. The summed E-state index contributed by atoms with van der Waals surface area (Å²) < 4.78 is 10.7. The first-order chi connectivity index (χ1) is 11.0. The van der Waals surface area contributed by atoms with E-state index < -0.39 is 6.09 Å². The summed E-state index contributed by atoms with van der Waals surface area (Å²) >= 11 is 0. The standard InChI is InChI=1S/C17H31N3O3/c1-17(2,3)15(20-10-13-22-14-11-20)18-16(21)23-12-6-9-19-7-4-5-8-19/h4-14H2,1-3H3. The minimum atomic E-state index is -0.470. The first-order valence-corrected chi connectivity index (χ1v) is 8.78. The zero-order valence-corrected chi connectivity index (χ0v) is 14.8. The summed E-state index contributed by atoms with van der Waals surface area (Å²) in [5.41, 5.74) is -0.189. The molecule has 2 aliphatic heterocycles. The normalized spacial score (nSPS) is 20.8. The Labute approximate surface area is 139 Å². The third-order valence-corrected chi connectivity index (χ3v) is 4.22. The topological polar surface area (TPSA) is 54.4 Å². The monoisotopic (exact) mass is 325 g/mol. The fraction of sp³-hybridized carbons (Fsp3) is 0.882. The van der Waals surface area contributed by atoms with Crippen LogP contribution in [0.15, 0.2) is 4.99 Å². The minimum absolute atomic E-state index is 0.189. The molecule has 0 bridgehead atoms. The SMILES string of the molecule is CC(C)(C)C(=NC(=O)OCCCN1CCCC1)N1CCOCC1. The first-order valence-electron chi connectivity index (χ1n) is 8.78. The Bertz CT molecular complexity index is 406. The number of rotatable bonds is 4. The van der Waals surface area contributed by atoms with Crippen LogP contribution >= 0.6 is 0 Å². The second-order valence-electron chi connectivity index (χ2n) is 7.30. The molecule has 6 heteroatoms. The summed E-state index contributed by atoms with van der Waals surface area (Å²) in [5, 5.41) is 0. The lowest BCUT2D eigenvalue weighted by Crippen LogP contribution is -2.46. The van der Waals surface area contributed by atoms with Gasteiger partial charge in [0, 0.05) is 25.0 Å². The van der Waals surface area contributed by atoms with Crippen molar-refractivity contribution in [3.05, 3.63) is 0 Å². The smallest absolute Gasteiger partial charge is 0.435 e.